The Morgan fingerprint density at radius 2 is 2.19 bits per heavy atom. The van der Waals surface area contributed by atoms with Crippen molar-refractivity contribution in [3.8, 4) is 0 Å². The monoisotopic (exact) mass is 235 g/mol. The molecule has 0 bridgehead atoms. The van der Waals surface area contributed by atoms with Gasteiger partial charge in [-0.1, -0.05) is 17.7 Å². The number of fused-ring (bicyclic) bond motifs is 1. The summed E-state index contributed by atoms with van der Waals surface area (Å²) in [6.45, 7) is 0. The van der Waals surface area contributed by atoms with Crippen molar-refractivity contribution < 1.29 is 9.53 Å². The van der Waals surface area contributed by atoms with E-state index < -0.39 is 0 Å². The third kappa shape index (κ3) is 1.99. The van der Waals surface area contributed by atoms with Gasteiger partial charge in [0, 0.05) is 22.8 Å². The fourth-order valence-electron chi connectivity index (χ4n) is 1.60. The third-order valence-electron chi connectivity index (χ3n) is 2.42. The Kier molecular flexibility index (Phi) is 3.06. The molecule has 3 nitrogen and oxygen atoms in total. The molecule has 0 saturated carbocycles. The Labute approximate surface area is 98.0 Å². The van der Waals surface area contributed by atoms with Crippen LogP contribution >= 0.6 is 11.6 Å². The zero-order chi connectivity index (χ0) is 11.5. The molecule has 1 heterocycles. The van der Waals surface area contributed by atoms with E-state index in [4.69, 9.17) is 11.6 Å². The Hall–Kier alpha value is -1.61. The van der Waals surface area contributed by atoms with Gasteiger partial charge in [-0.15, -0.1) is 0 Å². The molecule has 0 radical (unpaired) electrons. The van der Waals surface area contributed by atoms with Crippen molar-refractivity contribution in [2.45, 2.75) is 6.42 Å². The maximum atomic E-state index is 11.2. The van der Waals surface area contributed by atoms with E-state index in [0.717, 1.165) is 16.3 Å². The van der Waals surface area contributed by atoms with Gasteiger partial charge in [-0.05, 0) is 23.1 Å². The highest BCUT2D eigenvalue weighted by atomic mass is 35.5. The van der Waals surface area contributed by atoms with Gasteiger partial charge in [-0.2, -0.15) is 0 Å². The number of pyridine rings is 1. The first-order valence-electron chi connectivity index (χ1n) is 4.80. The minimum atomic E-state index is -0.263. The first kappa shape index (κ1) is 10.9. The minimum absolute atomic E-state index is 0.244. The van der Waals surface area contributed by atoms with Crippen LogP contribution in [0.25, 0.3) is 10.8 Å². The summed E-state index contributed by atoms with van der Waals surface area (Å²) < 4.78 is 4.65. The summed E-state index contributed by atoms with van der Waals surface area (Å²) in [6, 6.07) is 5.45. The summed E-state index contributed by atoms with van der Waals surface area (Å²) in [5, 5.41) is 2.43. The van der Waals surface area contributed by atoms with Gasteiger partial charge in [-0.3, -0.25) is 9.78 Å². The summed E-state index contributed by atoms with van der Waals surface area (Å²) in [7, 11) is 1.38. The quantitative estimate of drug-likeness (QED) is 0.751. The predicted octanol–water partition coefficient (Wildman–Crippen LogP) is 2.60. The van der Waals surface area contributed by atoms with E-state index in [1.54, 1.807) is 18.5 Å². The SMILES string of the molecule is COC(=O)Cc1ccc(Cl)c2cnccc12. The lowest BCUT2D eigenvalue weighted by Crippen LogP contribution is -2.04. The third-order valence-corrected chi connectivity index (χ3v) is 2.75. The molecule has 1 aromatic carbocycles. The predicted molar refractivity (Wildman–Crippen MR) is 62.5 cm³/mol. The van der Waals surface area contributed by atoms with Gasteiger partial charge in [0.2, 0.25) is 0 Å². The average molecular weight is 236 g/mol. The second kappa shape index (κ2) is 4.49. The minimum Gasteiger partial charge on any atom is -0.469 e. The topological polar surface area (TPSA) is 39.2 Å². The van der Waals surface area contributed by atoms with Gasteiger partial charge in [-0.25, -0.2) is 0 Å². The molecule has 16 heavy (non-hydrogen) atoms. The van der Waals surface area contributed by atoms with E-state index in [2.05, 4.69) is 9.72 Å². The number of carbonyl (C=O) groups is 1. The number of hydrogen-bond acceptors (Lipinski definition) is 3. The highest BCUT2D eigenvalue weighted by Gasteiger charge is 2.08. The molecule has 2 rings (SSSR count). The molecule has 0 aliphatic heterocycles. The fraction of sp³-hybridized carbons (Fsp3) is 0.167. The van der Waals surface area contributed by atoms with Crippen LogP contribution in [-0.4, -0.2) is 18.1 Å². The number of esters is 1. The van der Waals surface area contributed by atoms with Crippen LogP contribution < -0.4 is 0 Å². The first-order chi connectivity index (χ1) is 7.72. The van der Waals surface area contributed by atoms with Crippen LogP contribution in [0.4, 0.5) is 0 Å². The molecule has 0 fully saturated rings. The second-order valence-electron chi connectivity index (χ2n) is 3.38. The number of halogens is 1. The molecule has 0 amide bonds. The van der Waals surface area contributed by atoms with Crippen LogP contribution in [-0.2, 0) is 16.0 Å². The van der Waals surface area contributed by atoms with Crippen molar-refractivity contribution in [2.75, 3.05) is 7.11 Å². The highest BCUT2D eigenvalue weighted by Crippen LogP contribution is 2.25. The van der Waals surface area contributed by atoms with Crippen molar-refractivity contribution in [3.63, 3.8) is 0 Å². The van der Waals surface area contributed by atoms with E-state index in [0.29, 0.717) is 5.02 Å². The Morgan fingerprint density at radius 3 is 2.94 bits per heavy atom. The number of nitrogens with zero attached hydrogens (tertiary/aromatic N) is 1. The number of aromatic nitrogens is 1. The number of ether oxygens (including phenoxy) is 1. The summed E-state index contributed by atoms with van der Waals surface area (Å²) in [5.74, 6) is -0.263. The van der Waals surface area contributed by atoms with Crippen LogP contribution in [0.5, 0.6) is 0 Å². The van der Waals surface area contributed by atoms with Crippen LogP contribution in [0, 0.1) is 0 Å². The zero-order valence-electron chi connectivity index (χ0n) is 8.74. The zero-order valence-corrected chi connectivity index (χ0v) is 9.49. The summed E-state index contributed by atoms with van der Waals surface area (Å²) in [6.07, 6.45) is 3.62. The molecule has 1 aromatic heterocycles. The van der Waals surface area contributed by atoms with Gasteiger partial charge in [0.05, 0.1) is 13.5 Å². The van der Waals surface area contributed by atoms with Gasteiger partial charge >= 0.3 is 5.97 Å². The Balaban J connectivity index is 2.54. The molecule has 0 aliphatic carbocycles. The van der Waals surface area contributed by atoms with E-state index in [9.17, 15) is 4.79 Å². The first-order valence-corrected chi connectivity index (χ1v) is 5.18. The molecule has 0 aliphatic rings. The summed E-state index contributed by atoms with van der Waals surface area (Å²) in [4.78, 5) is 15.3. The molecular weight excluding hydrogens is 226 g/mol. The second-order valence-corrected chi connectivity index (χ2v) is 3.79. The van der Waals surface area contributed by atoms with Crippen molar-refractivity contribution in [2.24, 2.45) is 0 Å². The van der Waals surface area contributed by atoms with Crippen molar-refractivity contribution in [3.05, 3.63) is 41.2 Å². The van der Waals surface area contributed by atoms with Gasteiger partial charge in [0.1, 0.15) is 0 Å². The van der Waals surface area contributed by atoms with E-state index in [-0.39, 0.29) is 12.4 Å². The molecule has 4 heteroatoms. The summed E-state index contributed by atoms with van der Waals surface area (Å²) >= 11 is 6.04. The molecule has 82 valence electrons. The molecule has 0 saturated heterocycles. The maximum absolute atomic E-state index is 11.2. The number of hydrogen-bond donors (Lipinski definition) is 0. The molecule has 0 atom stereocenters. The lowest BCUT2D eigenvalue weighted by atomic mass is 10.0. The lowest BCUT2D eigenvalue weighted by Gasteiger charge is -2.06. The van der Waals surface area contributed by atoms with E-state index in [1.165, 1.54) is 7.11 Å². The number of carbonyl (C=O) groups excluding carboxylic acids is 1. The standard InChI is InChI=1S/C12H10ClNO2/c1-16-12(15)6-8-2-3-11(13)10-7-14-5-4-9(8)10/h2-5,7H,6H2,1H3. The van der Waals surface area contributed by atoms with Gasteiger partial charge in [0.15, 0.2) is 0 Å². The molecular formula is C12H10ClNO2. The summed E-state index contributed by atoms with van der Waals surface area (Å²) in [5.41, 5.74) is 0.897. The van der Waals surface area contributed by atoms with Crippen molar-refractivity contribution in [1.29, 1.82) is 0 Å². The highest BCUT2D eigenvalue weighted by molar-refractivity contribution is 6.35. The van der Waals surface area contributed by atoms with E-state index >= 15 is 0 Å². The van der Waals surface area contributed by atoms with Crippen molar-refractivity contribution >= 4 is 28.3 Å². The Bertz CT molecular complexity index is 540. The van der Waals surface area contributed by atoms with Crippen LogP contribution in [0.15, 0.2) is 30.6 Å². The van der Waals surface area contributed by atoms with E-state index in [1.807, 2.05) is 12.1 Å². The van der Waals surface area contributed by atoms with Gasteiger partial charge < -0.3 is 4.74 Å². The molecule has 0 unspecified atom stereocenters. The number of benzene rings is 1. The number of rotatable bonds is 2. The molecule has 0 spiro atoms. The molecule has 0 N–H and O–H groups in total. The number of methoxy groups -OCH3 is 1. The largest absolute Gasteiger partial charge is 0.469 e. The van der Waals surface area contributed by atoms with Crippen LogP contribution in [0.2, 0.25) is 5.02 Å². The Morgan fingerprint density at radius 1 is 1.38 bits per heavy atom. The normalized spacial score (nSPS) is 10.4. The van der Waals surface area contributed by atoms with Crippen LogP contribution in [0.1, 0.15) is 5.56 Å². The lowest BCUT2D eigenvalue weighted by molar-refractivity contribution is -0.139. The average Bonchev–Trinajstić information content (AvgIpc) is 2.33. The van der Waals surface area contributed by atoms with Crippen molar-refractivity contribution in [1.82, 2.24) is 4.98 Å². The van der Waals surface area contributed by atoms with Crippen LogP contribution in [0.3, 0.4) is 0 Å². The smallest absolute Gasteiger partial charge is 0.309 e. The fourth-order valence-corrected chi connectivity index (χ4v) is 1.81. The maximum Gasteiger partial charge on any atom is 0.309 e. The van der Waals surface area contributed by atoms with Gasteiger partial charge in [0.25, 0.3) is 0 Å². The molecule has 2 aromatic rings.